The standard InChI is InChI=1S/C34H34N2O7S/c1-23-11-15-26(16-12-23)31-35(27-9-7-6-8-10-27)30(25-17-19-28(41-3)20-18-25)34(32(37)42-4,33(38)43-5)36(31)44(39,40)29-21-13-24(2)14-22-29/h6-22,30-31H,1-5H3/t30-,31+/m1/s1. The van der Waals surface area contributed by atoms with Crippen molar-refractivity contribution >= 4 is 27.6 Å². The minimum absolute atomic E-state index is 0.0965. The molecule has 1 saturated heterocycles. The Morgan fingerprint density at radius 2 is 1.18 bits per heavy atom. The number of sulfonamides is 1. The van der Waals surface area contributed by atoms with Gasteiger partial charge in [-0.25, -0.2) is 18.0 Å². The Morgan fingerprint density at radius 3 is 1.68 bits per heavy atom. The number of hydrogen-bond donors (Lipinski definition) is 0. The molecular weight excluding hydrogens is 580 g/mol. The van der Waals surface area contributed by atoms with Gasteiger partial charge >= 0.3 is 11.9 Å². The lowest BCUT2D eigenvalue weighted by Crippen LogP contribution is -2.62. The van der Waals surface area contributed by atoms with Crippen LogP contribution in [0.4, 0.5) is 5.69 Å². The Hall–Kier alpha value is -4.67. The molecular formula is C34H34N2O7S. The van der Waals surface area contributed by atoms with E-state index in [4.69, 9.17) is 14.2 Å². The predicted molar refractivity (Wildman–Crippen MR) is 166 cm³/mol. The summed E-state index contributed by atoms with van der Waals surface area (Å²) in [6.07, 6.45) is -1.19. The van der Waals surface area contributed by atoms with E-state index in [2.05, 4.69) is 0 Å². The Balaban J connectivity index is 1.97. The van der Waals surface area contributed by atoms with E-state index in [0.717, 1.165) is 29.7 Å². The molecule has 0 bridgehead atoms. The fourth-order valence-corrected chi connectivity index (χ4v) is 7.65. The van der Waals surface area contributed by atoms with Gasteiger partial charge in [-0.3, -0.25) is 0 Å². The minimum Gasteiger partial charge on any atom is -0.497 e. The number of nitrogens with zero attached hydrogens (tertiary/aromatic N) is 2. The van der Waals surface area contributed by atoms with Gasteiger partial charge in [-0.05, 0) is 61.4 Å². The van der Waals surface area contributed by atoms with Crippen LogP contribution < -0.4 is 9.64 Å². The fourth-order valence-electron chi connectivity index (χ4n) is 5.82. The SMILES string of the molecule is COC(=O)C1(C(=O)OC)[C@@H](c2ccc(OC)cc2)N(c2ccccc2)[C@H](c2ccc(C)cc2)N1S(=O)(=O)c1ccc(C)cc1. The number of esters is 2. The number of aryl methyl sites for hydroxylation is 2. The van der Waals surface area contributed by atoms with Crippen LogP contribution >= 0.6 is 0 Å². The second-order valence-corrected chi connectivity index (χ2v) is 12.4. The molecule has 1 aliphatic heterocycles. The van der Waals surface area contributed by atoms with Crippen LogP contribution in [0.15, 0.2) is 108 Å². The van der Waals surface area contributed by atoms with Crippen LogP contribution in [-0.2, 0) is 29.1 Å². The van der Waals surface area contributed by atoms with Crippen molar-refractivity contribution in [2.24, 2.45) is 0 Å². The van der Waals surface area contributed by atoms with Crippen molar-refractivity contribution in [2.75, 3.05) is 26.2 Å². The van der Waals surface area contributed by atoms with Crippen molar-refractivity contribution in [1.29, 1.82) is 0 Å². The van der Waals surface area contributed by atoms with Crippen molar-refractivity contribution in [1.82, 2.24) is 4.31 Å². The van der Waals surface area contributed by atoms with E-state index in [-0.39, 0.29) is 4.90 Å². The van der Waals surface area contributed by atoms with Crippen molar-refractivity contribution in [3.05, 3.63) is 125 Å². The van der Waals surface area contributed by atoms with Gasteiger partial charge in [-0.2, -0.15) is 0 Å². The first-order chi connectivity index (χ1) is 21.1. The molecule has 1 fully saturated rings. The monoisotopic (exact) mass is 614 g/mol. The number of benzene rings is 4. The number of anilines is 1. The van der Waals surface area contributed by atoms with Gasteiger partial charge in [0.05, 0.1) is 32.3 Å². The second-order valence-electron chi connectivity index (χ2n) is 10.6. The summed E-state index contributed by atoms with van der Waals surface area (Å²) in [6.45, 7) is 3.76. The predicted octanol–water partition coefficient (Wildman–Crippen LogP) is 5.35. The average Bonchev–Trinajstić information content (AvgIpc) is 3.38. The smallest absolute Gasteiger partial charge is 0.341 e. The molecule has 0 N–H and O–H groups in total. The molecule has 4 aromatic carbocycles. The summed E-state index contributed by atoms with van der Waals surface area (Å²) in [6, 6.07) is 28.2. The van der Waals surface area contributed by atoms with Crippen LogP contribution in [0.1, 0.15) is 34.5 Å². The van der Waals surface area contributed by atoms with E-state index >= 15 is 0 Å². The zero-order chi connectivity index (χ0) is 31.6. The Labute approximate surface area is 257 Å². The Kier molecular flexibility index (Phi) is 8.49. The molecule has 0 amide bonds. The number of carbonyl (C=O) groups is 2. The maximum Gasteiger partial charge on any atom is 0.341 e. The van der Waals surface area contributed by atoms with Crippen LogP contribution in [0.2, 0.25) is 0 Å². The average molecular weight is 615 g/mol. The number of ether oxygens (including phenoxy) is 3. The highest BCUT2D eigenvalue weighted by Crippen LogP contribution is 2.56. The van der Waals surface area contributed by atoms with Crippen LogP contribution in [0, 0.1) is 13.8 Å². The van der Waals surface area contributed by atoms with Gasteiger partial charge in [0.1, 0.15) is 11.9 Å². The van der Waals surface area contributed by atoms with E-state index in [1.54, 1.807) is 65.6 Å². The summed E-state index contributed by atoms with van der Waals surface area (Å²) in [5.74, 6) is -1.63. The third-order valence-corrected chi connectivity index (χ3v) is 9.81. The van der Waals surface area contributed by atoms with Crippen molar-refractivity contribution in [2.45, 2.75) is 36.5 Å². The third kappa shape index (κ3) is 4.99. The Bertz CT molecular complexity index is 1720. The maximum atomic E-state index is 15.0. The van der Waals surface area contributed by atoms with Crippen LogP contribution in [0.5, 0.6) is 5.75 Å². The molecule has 0 spiro atoms. The first kappa shape index (κ1) is 30.8. The highest BCUT2D eigenvalue weighted by Gasteiger charge is 2.73. The van der Waals surface area contributed by atoms with Gasteiger partial charge in [0.15, 0.2) is 0 Å². The van der Waals surface area contributed by atoms with Gasteiger partial charge in [0.2, 0.25) is 10.0 Å². The van der Waals surface area contributed by atoms with Crippen molar-refractivity contribution in [3.8, 4) is 5.75 Å². The lowest BCUT2D eigenvalue weighted by Gasteiger charge is -2.36. The second kappa shape index (κ2) is 12.1. The fraction of sp³-hybridized carbons (Fsp3) is 0.235. The zero-order valence-corrected chi connectivity index (χ0v) is 25.9. The minimum atomic E-state index is -4.61. The van der Waals surface area contributed by atoms with Crippen LogP contribution in [0.3, 0.4) is 0 Å². The third-order valence-electron chi connectivity index (χ3n) is 7.94. The first-order valence-electron chi connectivity index (χ1n) is 13.9. The zero-order valence-electron chi connectivity index (χ0n) is 25.1. The summed E-state index contributed by atoms with van der Waals surface area (Å²) >= 11 is 0. The molecule has 5 rings (SSSR count). The van der Waals surface area contributed by atoms with Crippen LogP contribution in [-0.4, -0.2) is 51.5 Å². The highest BCUT2D eigenvalue weighted by atomic mass is 32.2. The summed E-state index contributed by atoms with van der Waals surface area (Å²) < 4.78 is 46.9. The molecule has 10 heteroatoms. The number of hydrogen-bond acceptors (Lipinski definition) is 8. The van der Waals surface area contributed by atoms with Gasteiger partial charge < -0.3 is 19.1 Å². The maximum absolute atomic E-state index is 15.0. The molecule has 9 nitrogen and oxygen atoms in total. The number of rotatable bonds is 8. The molecule has 228 valence electrons. The van der Waals surface area contributed by atoms with Crippen LogP contribution in [0.25, 0.3) is 0 Å². The molecule has 0 aromatic heterocycles. The molecule has 0 aliphatic carbocycles. The lowest BCUT2D eigenvalue weighted by atomic mass is 9.85. The van der Waals surface area contributed by atoms with Gasteiger partial charge in [0.25, 0.3) is 5.54 Å². The topological polar surface area (TPSA) is 102 Å². The van der Waals surface area contributed by atoms with E-state index in [9.17, 15) is 18.0 Å². The number of carbonyl (C=O) groups excluding carboxylic acids is 2. The molecule has 44 heavy (non-hydrogen) atoms. The molecule has 4 aromatic rings. The van der Waals surface area contributed by atoms with Crippen molar-refractivity contribution < 1.29 is 32.2 Å². The lowest BCUT2D eigenvalue weighted by molar-refractivity contribution is -0.168. The van der Waals surface area contributed by atoms with E-state index in [1.165, 1.54) is 19.2 Å². The summed E-state index contributed by atoms with van der Waals surface area (Å²) in [5, 5.41) is 0. The number of para-hydroxylation sites is 1. The molecule has 1 heterocycles. The molecule has 2 atom stereocenters. The van der Waals surface area contributed by atoms with Gasteiger partial charge in [-0.1, -0.05) is 77.9 Å². The largest absolute Gasteiger partial charge is 0.497 e. The molecule has 0 radical (unpaired) electrons. The first-order valence-corrected chi connectivity index (χ1v) is 15.4. The summed E-state index contributed by atoms with van der Waals surface area (Å²) in [7, 11) is -0.833. The highest BCUT2D eigenvalue weighted by molar-refractivity contribution is 7.89. The van der Waals surface area contributed by atoms with E-state index in [0.29, 0.717) is 22.6 Å². The summed E-state index contributed by atoms with van der Waals surface area (Å²) in [5.41, 5.74) is 0.831. The van der Waals surface area contributed by atoms with Gasteiger partial charge in [0, 0.05) is 5.69 Å². The molecule has 0 unspecified atom stereocenters. The van der Waals surface area contributed by atoms with Gasteiger partial charge in [-0.15, -0.1) is 4.31 Å². The van der Waals surface area contributed by atoms with Crippen molar-refractivity contribution in [3.63, 3.8) is 0 Å². The summed E-state index contributed by atoms with van der Waals surface area (Å²) in [4.78, 5) is 30.3. The molecule has 0 saturated carbocycles. The normalized spacial score (nSPS) is 18.1. The van der Waals surface area contributed by atoms with E-state index in [1.807, 2.05) is 44.2 Å². The molecule has 1 aliphatic rings. The Morgan fingerprint density at radius 1 is 0.682 bits per heavy atom. The quantitative estimate of drug-likeness (QED) is 0.193. The number of methoxy groups -OCH3 is 3. The van der Waals surface area contributed by atoms with E-state index < -0.39 is 39.7 Å².